The molecule has 0 amide bonds. The van der Waals surface area contributed by atoms with Crippen LogP contribution in [0, 0.1) is 0 Å². The van der Waals surface area contributed by atoms with Crippen LogP contribution >= 0.6 is 0 Å². The zero-order valence-corrected chi connectivity index (χ0v) is 14.0. The van der Waals surface area contributed by atoms with Crippen molar-refractivity contribution >= 4 is 21.9 Å². The number of hydrogen-bond acceptors (Lipinski definition) is 4. The Morgan fingerprint density at radius 2 is 2.00 bits per heavy atom. The second-order valence-electron chi connectivity index (χ2n) is 6.73. The van der Waals surface area contributed by atoms with Crippen LogP contribution in [0.2, 0.25) is 0 Å². The molecule has 2 heterocycles. The first kappa shape index (κ1) is 17.2. The quantitative estimate of drug-likeness (QED) is 0.746. The van der Waals surface area contributed by atoms with Gasteiger partial charge >= 0.3 is 6.18 Å². The van der Waals surface area contributed by atoms with Gasteiger partial charge in [0.1, 0.15) is 17.9 Å². The van der Waals surface area contributed by atoms with Crippen LogP contribution in [0.4, 0.5) is 13.2 Å². The fourth-order valence-corrected chi connectivity index (χ4v) is 3.92. The molecule has 2 atom stereocenters. The number of pyridine rings is 1. The van der Waals surface area contributed by atoms with Gasteiger partial charge < -0.3 is 15.0 Å². The Balaban J connectivity index is 1.71. The van der Waals surface area contributed by atoms with Crippen molar-refractivity contribution in [2.45, 2.75) is 44.1 Å². The number of para-hydroxylation sites is 1. The topological polar surface area (TPSA) is 63.0 Å². The van der Waals surface area contributed by atoms with Crippen LogP contribution in [0.25, 0.3) is 21.9 Å². The average molecular weight is 364 g/mol. The third-order valence-electron chi connectivity index (χ3n) is 5.00. The Morgan fingerprint density at radius 1 is 1.19 bits per heavy atom. The van der Waals surface area contributed by atoms with Crippen LogP contribution in [0.5, 0.6) is 0 Å². The standard InChI is InChI=1S/C18H19F3N4O/c19-18(20,21)10-23-11-5-6-12(7-11)25-16(9-26)24-15-8-22-14-4-2-1-3-13(14)17(15)25/h1-4,8,11-12,23,26H,5-7,9-10H2/t11-,12+/m1/s1. The fraction of sp³-hybridized carbons (Fsp3) is 0.444. The van der Waals surface area contributed by atoms with E-state index in [1.54, 1.807) is 6.20 Å². The molecule has 4 rings (SSSR count). The fourth-order valence-electron chi connectivity index (χ4n) is 3.92. The van der Waals surface area contributed by atoms with E-state index in [0.29, 0.717) is 24.2 Å². The third kappa shape index (κ3) is 3.14. The van der Waals surface area contributed by atoms with Gasteiger partial charge in [-0.2, -0.15) is 13.2 Å². The summed E-state index contributed by atoms with van der Waals surface area (Å²) < 4.78 is 39.4. The van der Waals surface area contributed by atoms with Crippen molar-refractivity contribution in [3.8, 4) is 0 Å². The van der Waals surface area contributed by atoms with Gasteiger partial charge in [0.05, 0.1) is 23.8 Å². The summed E-state index contributed by atoms with van der Waals surface area (Å²) in [5.74, 6) is 0.527. The number of imidazole rings is 1. The molecular formula is C18H19F3N4O. The van der Waals surface area contributed by atoms with Gasteiger partial charge in [0, 0.05) is 17.5 Å². The number of aromatic nitrogens is 3. The highest BCUT2D eigenvalue weighted by molar-refractivity contribution is 6.02. The first-order chi connectivity index (χ1) is 12.5. The number of fused-ring (bicyclic) bond motifs is 3. The lowest BCUT2D eigenvalue weighted by Gasteiger charge is -2.18. The van der Waals surface area contributed by atoms with Gasteiger partial charge in [0.2, 0.25) is 0 Å². The molecular weight excluding hydrogens is 345 g/mol. The first-order valence-electron chi connectivity index (χ1n) is 8.62. The average Bonchev–Trinajstić information content (AvgIpc) is 3.23. The van der Waals surface area contributed by atoms with Gasteiger partial charge in [-0.1, -0.05) is 18.2 Å². The van der Waals surface area contributed by atoms with E-state index in [2.05, 4.69) is 15.3 Å². The zero-order chi connectivity index (χ0) is 18.3. The van der Waals surface area contributed by atoms with E-state index in [1.165, 1.54) is 0 Å². The van der Waals surface area contributed by atoms with Crippen LogP contribution in [0.3, 0.4) is 0 Å². The molecule has 1 aliphatic rings. The van der Waals surface area contributed by atoms with Gasteiger partial charge in [0.25, 0.3) is 0 Å². The minimum Gasteiger partial charge on any atom is -0.388 e. The molecule has 2 N–H and O–H groups in total. The zero-order valence-electron chi connectivity index (χ0n) is 14.0. The van der Waals surface area contributed by atoms with E-state index in [0.717, 1.165) is 22.8 Å². The molecule has 0 unspecified atom stereocenters. The lowest BCUT2D eigenvalue weighted by atomic mass is 10.1. The van der Waals surface area contributed by atoms with E-state index in [9.17, 15) is 18.3 Å². The van der Waals surface area contributed by atoms with Gasteiger partial charge in [-0.05, 0) is 25.3 Å². The van der Waals surface area contributed by atoms with E-state index >= 15 is 0 Å². The van der Waals surface area contributed by atoms with Gasteiger partial charge in [-0.25, -0.2) is 4.98 Å². The summed E-state index contributed by atoms with van der Waals surface area (Å²) in [5.41, 5.74) is 2.41. The Hall–Kier alpha value is -2.19. The summed E-state index contributed by atoms with van der Waals surface area (Å²) in [7, 11) is 0. The predicted molar refractivity (Wildman–Crippen MR) is 91.7 cm³/mol. The normalized spacial score (nSPS) is 21.1. The SMILES string of the molecule is OCc1nc2cnc3ccccc3c2n1[C@H]1CC[C@@H](NCC(F)(F)F)C1. The Bertz CT molecular complexity index is 937. The lowest BCUT2D eigenvalue weighted by molar-refractivity contribution is -0.126. The van der Waals surface area contributed by atoms with Crippen LogP contribution in [0.1, 0.15) is 31.1 Å². The molecule has 1 saturated carbocycles. The number of hydrogen-bond donors (Lipinski definition) is 2. The number of nitrogens with zero attached hydrogens (tertiary/aromatic N) is 3. The summed E-state index contributed by atoms with van der Waals surface area (Å²) in [5, 5.41) is 13.3. The monoisotopic (exact) mass is 364 g/mol. The van der Waals surface area contributed by atoms with Crippen LogP contribution in [-0.4, -0.2) is 38.4 Å². The molecule has 0 bridgehead atoms. The molecule has 2 aromatic heterocycles. The van der Waals surface area contributed by atoms with E-state index < -0.39 is 12.7 Å². The minimum absolute atomic E-state index is 0.00121. The molecule has 0 radical (unpaired) electrons. The van der Waals surface area contributed by atoms with Crippen molar-refractivity contribution in [1.82, 2.24) is 19.9 Å². The number of alkyl halides is 3. The van der Waals surface area contributed by atoms with Crippen molar-refractivity contribution in [3.63, 3.8) is 0 Å². The smallest absolute Gasteiger partial charge is 0.388 e. The maximum Gasteiger partial charge on any atom is 0.401 e. The number of nitrogens with one attached hydrogen (secondary N) is 1. The first-order valence-corrected chi connectivity index (χ1v) is 8.62. The van der Waals surface area contributed by atoms with Gasteiger partial charge in [0.15, 0.2) is 0 Å². The van der Waals surface area contributed by atoms with E-state index in [1.807, 2.05) is 28.8 Å². The Labute approximate surface area is 147 Å². The van der Waals surface area contributed by atoms with Crippen LogP contribution in [-0.2, 0) is 6.61 Å². The molecule has 26 heavy (non-hydrogen) atoms. The number of benzene rings is 1. The summed E-state index contributed by atoms with van der Waals surface area (Å²) in [6.07, 6.45) is -0.552. The van der Waals surface area contributed by atoms with Crippen LogP contribution < -0.4 is 5.32 Å². The summed E-state index contributed by atoms with van der Waals surface area (Å²) >= 11 is 0. The van der Waals surface area contributed by atoms with Crippen molar-refractivity contribution in [1.29, 1.82) is 0 Å². The number of aliphatic hydroxyl groups excluding tert-OH is 1. The van der Waals surface area contributed by atoms with E-state index in [4.69, 9.17) is 0 Å². The summed E-state index contributed by atoms with van der Waals surface area (Å²) in [6.45, 7) is -1.20. The molecule has 5 nitrogen and oxygen atoms in total. The summed E-state index contributed by atoms with van der Waals surface area (Å²) in [4.78, 5) is 8.89. The largest absolute Gasteiger partial charge is 0.401 e. The van der Waals surface area contributed by atoms with Crippen molar-refractivity contribution in [2.75, 3.05) is 6.54 Å². The molecule has 8 heteroatoms. The van der Waals surface area contributed by atoms with Crippen LogP contribution in [0.15, 0.2) is 30.5 Å². The second kappa shape index (κ2) is 6.51. The highest BCUT2D eigenvalue weighted by Crippen LogP contribution is 2.36. The lowest BCUT2D eigenvalue weighted by Crippen LogP contribution is -2.35. The molecule has 1 fully saturated rings. The molecule has 0 aliphatic heterocycles. The van der Waals surface area contributed by atoms with E-state index in [-0.39, 0.29) is 18.7 Å². The van der Waals surface area contributed by atoms with Crippen molar-refractivity contribution in [2.24, 2.45) is 0 Å². The second-order valence-corrected chi connectivity index (χ2v) is 6.73. The molecule has 138 valence electrons. The number of halogens is 3. The molecule has 1 aromatic carbocycles. The highest BCUT2D eigenvalue weighted by atomic mass is 19.4. The third-order valence-corrected chi connectivity index (χ3v) is 5.00. The summed E-state index contributed by atoms with van der Waals surface area (Å²) in [6, 6.07) is 7.49. The minimum atomic E-state index is -4.21. The Kier molecular flexibility index (Phi) is 4.32. The molecule has 1 aliphatic carbocycles. The Morgan fingerprint density at radius 3 is 2.77 bits per heavy atom. The maximum absolute atomic E-state index is 12.5. The molecule has 3 aromatic rings. The van der Waals surface area contributed by atoms with Crippen molar-refractivity contribution in [3.05, 3.63) is 36.3 Å². The van der Waals surface area contributed by atoms with Gasteiger partial charge in [-0.15, -0.1) is 0 Å². The van der Waals surface area contributed by atoms with Gasteiger partial charge in [-0.3, -0.25) is 4.98 Å². The molecule has 0 spiro atoms. The number of aliphatic hydroxyl groups is 1. The molecule has 0 saturated heterocycles. The highest BCUT2D eigenvalue weighted by Gasteiger charge is 2.33. The predicted octanol–water partition coefficient (Wildman–Crippen LogP) is 3.32. The van der Waals surface area contributed by atoms with Crippen molar-refractivity contribution < 1.29 is 18.3 Å². The maximum atomic E-state index is 12.5. The number of rotatable bonds is 4.